The third-order valence-electron chi connectivity index (χ3n) is 9.49. The van der Waals surface area contributed by atoms with Crippen LogP contribution in [-0.4, -0.2) is 131 Å². The highest BCUT2D eigenvalue weighted by Gasteiger charge is 2.51. The van der Waals surface area contributed by atoms with Crippen molar-refractivity contribution in [1.29, 1.82) is 0 Å². The molecule has 2 aliphatic rings. The average molecular weight is 651 g/mol. The van der Waals surface area contributed by atoms with Gasteiger partial charge in [0, 0.05) is 0 Å². The van der Waals surface area contributed by atoms with Crippen molar-refractivity contribution in [2.75, 3.05) is 0 Å². The molecule has 9 N–H and O–H groups in total. The molecule has 0 radical (unpaired) electrons. The number of unbranched alkanes of at least 4 members (excludes halogenated alkanes) is 8. The Hall–Kier alpha value is -1.26. The molecule has 13 nitrogen and oxygen atoms in total. The van der Waals surface area contributed by atoms with Crippen molar-refractivity contribution >= 4 is 11.8 Å². The van der Waals surface area contributed by atoms with Crippen molar-refractivity contribution in [3.05, 3.63) is 0 Å². The summed E-state index contributed by atoms with van der Waals surface area (Å²) in [6.07, 6.45) is -7.16. The Bertz CT molecular complexity index is 874. The molecular formula is C32H58O13. The summed E-state index contributed by atoms with van der Waals surface area (Å²) in [6.45, 7) is 5.12. The summed E-state index contributed by atoms with van der Waals surface area (Å²) in [7, 11) is 0. The molecule has 0 spiro atoms. The van der Waals surface area contributed by atoms with Crippen LogP contribution < -0.4 is 0 Å². The second-order valence-electron chi connectivity index (χ2n) is 13.1. The minimum absolute atomic E-state index is 0.0571. The smallest absolute Gasteiger partial charge is 0.316 e. The Morgan fingerprint density at radius 3 is 1.69 bits per heavy atom. The predicted octanol–water partition coefficient (Wildman–Crippen LogP) is 0.426. The highest BCUT2D eigenvalue weighted by molar-refractivity contribution is 6.00. The van der Waals surface area contributed by atoms with Gasteiger partial charge in [0.15, 0.2) is 5.78 Å². The molecule has 2 rings (SSSR count). The van der Waals surface area contributed by atoms with E-state index in [1.54, 1.807) is 6.92 Å². The van der Waals surface area contributed by atoms with Crippen LogP contribution in [0.5, 0.6) is 0 Å². The van der Waals surface area contributed by atoms with Crippen molar-refractivity contribution in [2.45, 2.75) is 177 Å². The second kappa shape index (κ2) is 19.5. The summed E-state index contributed by atoms with van der Waals surface area (Å²) in [5, 5.41) is 93.2. The molecule has 4 unspecified atom stereocenters. The van der Waals surface area contributed by atoms with Crippen molar-refractivity contribution in [3.63, 3.8) is 0 Å². The maximum atomic E-state index is 13.8. The Kier molecular flexibility index (Phi) is 17.3. The van der Waals surface area contributed by atoms with Crippen LogP contribution in [0.2, 0.25) is 0 Å². The first-order valence-electron chi connectivity index (χ1n) is 16.8. The molecule has 0 bridgehead atoms. The lowest BCUT2D eigenvalue weighted by atomic mass is 9.76. The fourth-order valence-corrected chi connectivity index (χ4v) is 6.54. The molecule has 2 saturated heterocycles. The van der Waals surface area contributed by atoms with Gasteiger partial charge >= 0.3 is 5.97 Å². The van der Waals surface area contributed by atoms with Gasteiger partial charge in [-0.05, 0) is 33.1 Å². The zero-order valence-electron chi connectivity index (χ0n) is 26.9. The van der Waals surface area contributed by atoms with Crippen molar-refractivity contribution in [3.8, 4) is 0 Å². The lowest BCUT2D eigenvalue weighted by molar-refractivity contribution is -0.236. The Balaban J connectivity index is 2.01. The SMILES string of the molecule is CCCCCCCC(O)C(C(=O)O)C(=O)C(C(O)CCCCCCC[C@@H]1O[C@@H](C)[C@H](O)[C@@H](O)[C@H]1O)[C@@H]1O[C@@H](C)[C@H](O)[C@@H](O)[C@H]1O. The number of Topliss-reactive ketones (excluding diaryl/α,β-unsaturated/α-hetero) is 1. The normalized spacial score (nSPS) is 35.0. The number of aliphatic hydroxyl groups is 8. The van der Waals surface area contributed by atoms with E-state index in [9.17, 15) is 55.5 Å². The standard InChI is InChI=1S/C32H58O13/c1-4-5-6-8-11-15-20(34)23(32(42)43)27(38)22(31-30(41)29(40)25(36)18(3)45-31)19(33)14-12-9-7-10-13-16-21-26(37)28(39)24(35)17(2)44-21/h17-26,28-31,33-37,39-41H,4-16H2,1-3H3,(H,42,43)/t17-,18-,19?,20?,21-,22?,23?,24-,25-,26-,28+,29+,30+,31-/m0/s1. The minimum atomic E-state index is -1.87. The van der Waals surface area contributed by atoms with Crippen LogP contribution in [0.4, 0.5) is 0 Å². The molecule has 2 fully saturated rings. The van der Waals surface area contributed by atoms with E-state index < -0.39 is 96.8 Å². The van der Waals surface area contributed by atoms with Gasteiger partial charge in [0.2, 0.25) is 0 Å². The summed E-state index contributed by atoms with van der Waals surface area (Å²) < 4.78 is 11.3. The number of carbonyl (C=O) groups is 2. The largest absolute Gasteiger partial charge is 0.481 e. The van der Waals surface area contributed by atoms with Crippen LogP contribution >= 0.6 is 0 Å². The van der Waals surface area contributed by atoms with Crippen LogP contribution in [-0.2, 0) is 19.1 Å². The van der Waals surface area contributed by atoms with Gasteiger partial charge in [-0.25, -0.2) is 0 Å². The summed E-state index contributed by atoms with van der Waals surface area (Å²) in [6, 6.07) is 0. The van der Waals surface area contributed by atoms with Gasteiger partial charge in [0.1, 0.15) is 42.5 Å². The zero-order chi connectivity index (χ0) is 33.8. The molecule has 0 saturated carbocycles. The van der Waals surface area contributed by atoms with E-state index in [4.69, 9.17) is 9.47 Å². The van der Waals surface area contributed by atoms with Crippen LogP contribution in [0.25, 0.3) is 0 Å². The fourth-order valence-electron chi connectivity index (χ4n) is 6.54. The number of ketones is 1. The van der Waals surface area contributed by atoms with Gasteiger partial charge in [-0.15, -0.1) is 0 Å². The molecular weight excluding hydrogens is 592 g/mol. The molecule has 0 amide bonds. The number of hydrogen-bond acceptors (Lipinski definition) is 12. The van der Waals surface area contributed by atoms with E-state index in [0.29, 0.717) is 32.1 Å². The van der Waals surface area contributed by atoms with E-state index >= 15 is 0 Å². The van der Waals surface area contributed by atoms with Gasteiger partial charge in [0.05, 0.1) is 42.5 Å². The number of carbonyl (C=O) groups excluding carboxylic acids is 1. The topological polar surface area (TPSA) is 235 Å². The van der Waals surface area contributed by atoms with E-state index in [1.807, 2.05) is 0 Å². The number of rotatable bonds is 20. The van der Waals surface area contributed by atoms with Crippen LogP contribution in [0.15, 0.2) is 0 Å². The van der Waals surface area contributed by atoms with Crippen molar-refractivity contribution in [1.82, 2.24) is 0 Å². The first kappa shape index (κ1) is 39.9. The Labute approximate surface area is 266 Å². The third-order valence-corrected chi connectivity index (χ3v) is 9.49. The molecule has 45 heavy (non-hydrogen) atoms. The number of hydrogen-bond donors (Lipinski definition) is 9. The second-order valence-corrected chi connectivity index (χ2v) is 13.1. The molecule has 13 heteroatoms. The van der Waals surface area contributed by atoms with Gasteiger partial charge < -0.3 is 55.4 Å². The predicted molar refractivity (Wildman–Crippen MR) is 162 cm³/mol. The lowest BCUT2D eigenvalue weighted by Gasteiger charge is -2.44. The van der Waals surface area contributed by atoms with E-state index in [1.165, 1.54) is 6.92 Å². The highest BCUT2D eigenvalue weighted by atomic mass is 16.5. The minimum Gasteiger partial charge on any atom is -0.481 e. The monoisotopic (exact) mass is 650 g/mol. The highest BCUT2D eigenvalue weighted by Crippen LogP contribution is 2.33. The number of aliphatic hydroxyl groups excluding tert-OH is 8. The zero-order valence-corrected chi connectivity index (χ0v) is 26.9. The number of aliphatic carboxylic acids is 1. The van der Waals surface area contributed by atoms with Crippen molar-refractivity contribution < 1.29 is 65.0 Å². The van der Waals surface area contributed by atoms with Crippen LogP contribution in [0.1, 0.15) is 104 Å². The van der Waals surface area contributed by atoms with E-state index in [0.717, 1.165) is 38.5 Å². The number of ether oxygens (including phenoxy) is 2. The lowest BCUT2D eigenvalue weighted by Crippen LogP contribution is -2.62. The average Bonchev–Trinajstić information content (AvgIpc) is 2.99. The van der Waals surface area contributed by atoms with Gasteiger partial charge in [0.25, 0.3) is 0 Å². The van der Waals surface area contributed by atoms with E-state index in [-0.39, 0.29) is 12.8 Å². The molecule has 2 aliphatic heterocycles. The molecule has 264 valence electrons. The molecule has 0 aromatic carbocycles. The molecule has 14 atom stereocenters. The van der Waals surface area contributed by atoms with Crippen molar-refractivity contribution in [2.24, 2.45) is 11.8 Å². The molecule has 0 aliphatic carbocycles. The molecule has 0 aromatic heterocycles. The summed E-state index contributed by atoms with van der Waals surface area (Å²) in [5.74, 6) is -6.00. The first-order chi connectivity index (χ1) is 21.2. The first-order valence-corrected chi connectivity index (χ1v) is 16.8. The number of carboxylic acid groups (broad SMARTS) is 1. The molecule has 0 aromatic rings. The van der Waals surface area contributed by atoms with Gasteiger partial charge in [-0.2, -0.15) is 0 Å². The quantitative estimate of drug-likeness (QED) is 0.0643. The summed E-state index contributed by atoms with van der Waals surface area (Å²) in [5.41, 5.74) is 0. The fraction of sp³-hybridized carbons (Fsp3) is 0.938. The van der Waals surface area contributed by atoms with Gasteiger partial charge in [-0.1, -0.05) is 71.1 Å². The molecule has 2 heterocycles. The third kappa shape index (κ3) is 11.2. The Morgan fingerprint density at radius 2 is 1.11 bits per heavy atom. The van der Waals surface area contributed by atoms with Gasteiger partial charge in [-0.3, -0.25) is 9.59 Å². The van der Waals surface area contributed by atoms with E-state index in [2.05, 4.69) is 6.92 Å². The maximum Gasteiger partial charge on any atom is 0.316 e. The van der Waals surface area contributed by atoms with Crippen LogP contribution in [0.3, 0.4) is 0 Å². The summed E-state index contributed by atoms with van der Waals surface area (Å²) in [4.78, 5) is 26.0. The maximum absolute atomic E-state index is 13.8. The van der Waals surface area contributed by atoms with Crippen LogP contribution in [0, 0.1) is 11.8 Å². The summed E-state index contributed by atoms with van der Waals surface area (Å²) >= 11 is 0. The Morgan fingerprint density at radius 1 is 0.622 bits per heavy atom. The number of carboxylic acids is 1.